The number of nitrogens with one attached hydrogen (secondary N) is 2. The summed E-state index contributed by atoms with van der Waals surface area (Å²) in [6.07, 6.45) is 4.20. The molecule has 0 radical (unpaired) electrons. The minimum absolute atomic E-state index is 0.134. The molecule has 1 fully saturated rings. The van der Waals surface area contributed by atoms with Gasteiger partial charge in [0.25, 0.3) is 0 Å². The number of nitrogens with two attached hydrogens (primary N) is 1. The number of hydrogen-bond acceptors (Lipinski definition) is 7. The van der Waals surface area contributed by atoms with E-state index in [-0.39, 0.29) is 12.0 Å². The van der Waals surface area contributed by atoms with Gasteiger partial charge in [-0.15, -0.1) is 0 Å². The summed E-state index contributed by atoms with van der Waals surface area (Å²) in [7, 11) is 2.04. The number of pyridine rings is 1. The maximum Gasteiger partial charge on any atom is 0.222 e. The van der Waals surface area contributed by atoms with Crippen molar-refractivity contribution < 1.29 is 0 Å². The topological polar surface area (TPSA) is 117 Å². The number of nitrogen functional groups attached to an aromatic ring is 1. The number of nitrogens with zero attached hydrogens (tertiary/aromatic N) is 5. The number of fused-ring (bicyclic) bond motifs is 1. The number of anilines is 2. The number of aryl methyl sites for hydroxylation is 2. The molecule has 0 amide bonds. The Labute approximate surface area is 170 Å². The molecule has 8 nitrogen and oxygen atoms in total. The summed E-state index contributed by atoms with van der Waals surface area (Å²) in [5.74, 6) is 1.06. The molecule has 0 bridgehead atoms. The van der Waals surface area contributed by atoms with E-state index in [1.807, 2.05) is 19.3 Å². The highest BCUT2D eigenvalue weighted by Gasteiger charge is 2.24. The molecule has 1 unspecified atom stereocenters. The van der Waals surface area contributed by atoms with Gasteiger partial charge in [0.05, 0.1) is 28.5 Å². The highest BCUT2D eigenvalue weighted by Crippen LogP contribution is 2.34. The van der Waals surface area contributed by atoms with E-state index in [4.69, 9.17) is 10.7 Å². The Balaban J connectivity index is 1.77. The number of piperidine rings is 1. The molecular formula is C21H26N8. The molecule has 150 valence electrons. The lowest BCUT2D eigenvalue weighted by Gasteiger charge is -2.27. The summed E-state index contributed by atoms with van der Waals surface area (Å²) in [4.78, 5) is 13.4. The quantitative estimate of drug-likeness (QED) is 0.627. The van der Waals surface area contributed by atoms with E-state index >= 15 is 0 Å². The molecule has 1 saturated heterocycles. The summed E-state index contributed by atoms with van der Waals surface area (Å²) in [5, 5.41) is 16.3. The van der Waals surface area contributed by atoms with Gasteiger partial charge >= 0.3 is 0 Å². The molecule has 3 aromatic heterocycles. The van der Waals surface area contributed by atoms with Crippen molar-refractivity contribution in [2.75, 3.05) is 24.1 Å². The largest absolute Gasteiger partial charge is 0.368 e. The minimum Gasteiger partial charge on any atom is -0.368 e. The van der Waals surface area contributed by atoms with Crippen molar-refractivity contribution in [3.63, 3.8) is 0 Å². The molecule has 0 aliphatic carbocycles. The van der Waals surface area contributed by atoms with Crippen molar-refractivity contribution >= 4 is 22.8 Å². The first-order valence-electron chi connectivity index (χ1n) is 9.95. The lowest BCUT2D eigenvalue weighted by atomic mass is 9.87. The van der Waals surface area contributed by atoms with Gasteiger partial charge in [0.2, 0.25) is 5.95 Å². The third kappa shape index (κ3) is 3.61. The average Bonchev–Trinajstić information content (AvgIpc) is 3.07. The van der Waals surface area contributed by atoms with Crippen LogP contribution in [0, 0.1) is 18.3 Å². The maximum absolute atomic E-state index is 9.54. The molecule has 1 aliphatic rings. The van der Waals surface area contributed by atoms with Gasteiger partial charge in [-0.2, -0.15) is 10.2 Å². The zero-order chi connectivity index (χ0) is 20.5. The summed E-state index contributed by atoms with van der Waals surface area (Å²) >= 11 is 0. The Morgan fingerprint density at radius 1 is 1.31 bits per heavy atom. The van der Waals surface area contributed by atoms with E-state index in [1.54, 1.807) is 6.92 Å². The molecule has 1 aliphatic heterocycles. The standard InChI is InChI=1S/C21H26N8/c1-12-16(11-22)20(28-21(23)26-12)25-13(2)19-15(14-4-7-24-8-5-14)10-18-17(27-19)6-9-29(18)3/h6,9-10,13-14,24H,4-5,7-8H2,1-3H3,(H3,23,25,26,28). The van der Waals surface area contributed by atoms with Gasteiger partial charge in [0, 0.05) is 13.2 Å². The molecule has 1 atom stereocenters. The van der Waals surface area contributed by atoms with E-state index in [0.717, 1.165) is 42.7 Å². The molecule has 3 aromatic rings. The van der Waals surface area contributed by atoms with Crippen LogP contribution in [0.1, 0.15) is 54.2 Å². The fourth-order valence-corrected chi connectivity index (χ4v) is 4.13. The van der Waals surface area contributed by atoms with Crippen molar-refractivity contribution in [1.82, 2.24) is 24.8 Å². The second-order valence-electron chi connectivity index (χ2n) is 7.69. The van der Waals surface area contributed by atoms with Gasteiger partial charge < -0.3 is 20.9 Å². The monoisotopic (exact) mass is 390 g/mol. The van der Waals surface area contributed by atoms with Gasteiger partial charge in [0.1, 0.15) is 17.5 Å². The van der Waals surface area contributed by atoms with E-state index in [2.05, 4.69) is 44.2 Å². The number of rotatable bonds is 4. The van der Waals surface area contributed by atoms with Gasteiger partial charge in [-0.25, -0.2) is 9.97 Å². The third-order valence-electron chi connectivity index (χ3n) is 5.69. The Morgan fingerprint density at radius 2 is 2.07 bits per heavy atom. The van der Waals surface area contributed by atoms with Gasteiger partial charge in [0.15, 0.2) is 0 Å². The number of nitriles is 1. The van der Waals surface area contributed by atoms with E-state index in [1.165, 1.54) is 5.56 Å². The summed E-state index contributed by atoms with van der Waals surface area (Å²) in [6, 6.07) is 6.36. The normalized spacial score (nSPS) is 15.9. The zero-order valence-corrected chi connectivity index (χ0v) is 17.0. The van der Waals surface area contributed by atoms with Crippen LogP contribution in [0.3, 0.4) is 0 Å². The molecule has 0 aromatic carbocycles. The summed E-state index contributed by atoms with van der Waals surface area (Å²) < 4.78 is 2.11. The van der Waals surface area contributed by atoms with E-state index in [0.29, 0.717) is 23.0 Å². The molecular weight excluding hydrogens is 364 g/mol. The average molecular weight is 390 g/mol. The first-order chi connectivity index (χ1) is 14.0. The van der Waals surface area contributed by atoms with Crippen LogP contribution in [0.5, 0.6) is 0 Å². The lowest BCUT2D eigenvalue weighted by molar-refractivity contribution is 0.456. The van der Waals surface area contributed by atoms with Crippen LogP contribution in [0.25, 0.3) is 11.0 Å². The molecule has 29 heavy (non-hydrogen) atoms. The third-order valence-corrected chi connectivity index (χ3v) is 5.69. The Bertz CT molecular complexity index is 1090. The van der Waals surface area contributed by atoms with Crippen molar-refractivity contribution in [2.45, 2.75) is 38.6 Å². The molecule has 4 rings (SSSR count). The van der Waals surface area contributed by atoms with Crippen LogP contribution in [0.15, 0.2) is 18.3 Å². The first-order valence-corrected chi connectivity index (χ1v) is 9.95. The second kappa shape index (κ2) is 7.68. The molecule has 0 saturated carbocycles. The fraction of sp³-hybridized carbons (Fsp3) is 0.429. The van der Waals surface area contributed by atoms with Crippen molar-refractivity contribution in [2.24, 2.45) is 7.05 Å². The number of hydrogen-bond donors (Lipinski definition) is 3. The smallest absolute Gasteiger partial charge is 0.222 e. The van der Waals surface area contributed by atoms with Crippen molar-refractivity contribution in [3.8, 4) is 6.07 Å². The molecule has 0 spiro atoms. The number of aromatic nitrogens is 4. The predicted octanol–water partition coefficient (Wildman–Crippen LogP) is 2.77. The highest BCUT2D eigenvalue weighted by atomic mass is 15.1. The van der Waals surface area contributed by atoms with Crippen LogP contribution >= 0.6 is 0 Å². The van der Waals surface area contributed by atoms with Gasteiger partial charge in [-0.3, -0.25) is 0 Å². The zero-order valence-electron chi connectivity index (χ0n) is 17.0. The van der Waals surface area contributed by atoms with Crippen LogP contribution in [0.2, 0.25) is 0 Å². The van der Waals surface area contributed by atoms with Crippen LogP contribution in [-0.2, 0) is 7.05 Å². The van der Waals surface area contributed by atoms with Crippen LogP contribution in [0.4, 0.5) is 11.8 Å². The van der Waals surface area contributed by atoms with Crippen molar-refractivity contribution in [1.29, 1.82) is 5.26 Å². The fourth-order valence-electron chi connectivity index (χ4n) is 4.13. The van der Waals surface area contributed by atoms with Gasteiger partial charge in [-0.1, -0.05) is 0 Å². The Morgan fingerprint density at radius 3 is 2.79 bits per heavy atom. The molecule has 4 N–H and O–H groups in total. The van der Waals surface area contributed by atoms with Crippen LogP contribution < -0.4 is 16.4 Å². The maximum atomic E-state index is 9.54. The minimum atomic E-state index is -0.134. The molecule has 4 heterocycles. The molecule has 8 heteroatoms. The first kappa shape index (κ1) is 19.2. The summed E-state index contributed by atoms with van der Waals surface area (Å²) in [6.45, 7) is 5.84. The predicted molar refractivity (Wildman–Crippen MR) is 113 cm³/mol. The van der Waals surface area contributed by atoms with Crippen molar-refractivity contribution in [3.05, 3.63) is 40.8 Å². The van der Waals surface area contributed by atoms with E-state index in [9.17, 15) is 5.26 Å². The second-order valence-corrected chi connectivity index (χ2v) is 7.69. The summed E-state index contributed by atoms with van der Waals surface area (Å²) in [5.41, 5.74) is 11.2. The van der Waals surface area contributed by atoms with E-state index < -0.39 is 0 Å². The van der Waals surface area contributed by atoms with Crippen LogP contribution in [-0.4, -0.2) is 32.6 Å². The lowest BCUT2D eigenvalue weighted by Crippen LogP contribution is -2.28. The Kier molecular flexibility index (Phi) is 5.07. The Hall–Kier alpha value is -3.18. The SMILES string of the molecule is Cc1nc(N)nc(NC(C)c2nc3ccn(C)c3cc2C2CCNCC2)c1C#N. The van der Waals surface area contributed by atoms with Gasteiger partial charge in [-0.05, 0) is 63.4 Å². The highest BCUT2D eigenvalue weighted by molar-refractivity contribution is 5.77.